The third kappa shape index (κ3) is 8.80. The summed E-state index contributed by atoms with van der Waals surface area (Å²) in [6, 6.07) is 7.38. The first-order valence-electron chi connectivity index (χ1n) is 17.1. The van der Waals surface area contributed by atoms with Crippen molar-refractivity contribution in [3.8, 4) is 10.4 Å². The molecule has 1 aromatic carbocycles. The summed E-state index contributed by atoms with van der Waals surface area (Å²) in [5.41, 5.74) is 10.9. The number of β-amino-alcohol motifs (C(OH)–C–C–N with tert-alkyl or cyclic N) is 1. The van der Waals surface area contributed by atoms with Crippen LogP contribution in [0.1, 0.15) is 61.9 Å². The van der Waals surface area contributed by atoms with E-state index >= 15 is 0 Å². The Bertz CT molecular complexity index is 1730. The molecule has 0 spiro atoms. The number of benzene rings is 1. The molecule has 0 bridgehead atoms. The van der Waals surface area contributed by atoms with E-state index in [2.05, 4.69) is 31.1 Å². The fraction of sp³-hybridized carbons (Fsp3) is 0.514. The molecule has 0 aliphatic carbocycles. The van der Waals surface area contributed by atoms with Crippen molar-refractivity contribution < 1.29 is 24.3 Å². The Hall–Kier alpha value is -4.67. The SMILES string of the molecule is CNC(=O)c1cc(N2CCN(CC(=O)NC(C(=O)N3C[C@H](O)C[C@H]3C(=O)NC(C)c3ccc(-c4scnc4C)cc3)C(C)(C)C)CC2)c(N)nn1. The molecule has 2 aliphatic heterocycles. The maximum atomic E-state index is 14.1. The highest BCUT2D eigenvalue weighted by Gasteiger charge is 2.45. The monoisotopic (exact) mass is 720 g/mol. The minimum absolute atomic E-state index is 0.00671. The van der Waals surface area contributed by atoms with E-state index < -0.39 is 29.5 Å². The lowest BCUT2D eigenvalue weighted by Gasteiger charge is -2.38. The van der Waals surface area contributed by atoms with Gasteiger partial charge >= 0.3 is 0 Å². The number of likely N-dealkylation sites (tertiary alicyclic amines) is 1. The summed E-state index contributed by atoms with van der Waals surface area (Å²) in [6.45, 7) is 11.6. The maximum Gasteiger partial charge on any atom is 0.271 e. The van der Waals surface area contributed by atoms with Crippen LogP contribution in [-0.4, -0.2) is 118 Å². The van der Waals surface area contributed by atoms with Crippen LogP contribution in [0.2, 0.25) is 0 Å². The minimum Gasteiger partial charge on any atom is -0.391 e. The van der Waals surface area contributed by atoms with Gasteiger partial charge in [-0.1, -0.05) is 45.0 Å². The Morgan fingerprint density at radius 2 is 1.75 bits per heavy atom. The number of amides is 4. The third-order valence-electron chi connectivity index (χ3n) is 9.40. The first-order valence-corrected chi connectivity index (χ1v) is 18.0. The number of piperazine rings is 1. The molecule has 2 aromatic heterocycles. The summed E-state index contributed by atoms with van der Waals surface area (Å²) >= 11 is 1.57. The molecule has 3 aromatic rings. The second-order valence-electron chi connectivity index (χ2n) is 14.2. The standard InChI is InChI=1S/C35H48N10O5S/c1-20(22-7-9-23(10-8-22)29-21(2)38-19-51-29)39-33(49)27-15-24(46)17-45(27)34(50)30(35(3,4)5)40-28(47)18-43-11-13-44(14-12-43)26-16-25(32(48)37-6)41-42-31(26)36/h7-10,16,19-20,24,27,30,46H,11-15,17-18H2,1-6H3,(H2,36,42)(H,37,48)(H,39,49)(H,40,47)/t20?,24-,27+,30?/m1/s1. The minimum atomic E-state index is -0.933. The number of aryl methyl sites for hydroxylation is 1. The number of nitrogens with zero attached hydrogens (tertiary/aromatic N) is 6. The van der Waals surface area contributed by atoms with Gasteiger partial charge in [-0.05, 0) is 36.5 Å². The highest BCUT2D eigenvalue weighted by Crippen LogP contribution is 2.30. The fourth-order valence-corrected chi connectivity index (χ4v) is 7.27. The fourth-order valence-electron chi connectivity index (χ4n) is 6.46. The maximum absolute atomic E-state index is 14.1. The topological polar surface area (TPSA) is 199 Å². The molecule has 51 heavy (non-hydrogen) atoms. The summed E-state index contributed by atoms with van der Waals surface area (Å²) in [7, 11) is 1.51. The van der Waals surface area contributed by atoms with Gasteiger partial charge in [0.1, 0.15) is 12.1 Å². The van der Waals surface area contributed by atoms with E-state index in [-0.39, 0.29) is 54.8 Å². The number of thiazole rings is 1. The van der Waals surface area contributed by atoms with Crippen LogP contribution in [0, 0.1) is 12.3 Å². The van der Waals surface area contributed by atoms with E-state index in [9.17, 15) is 24.3 Å². The van der Waals surface area contributed by atoms with Crippen molar-refractivity contribution in [2.75, 3.05) is 56.9 Å². The second-order valence-corrected chi connectivity index (χ2v) is 15.1. The van der Waals surface area contributed by atoms with E-state index in [0.717, 1.165) is 21.7 Å². The van der Waals surface area contributed by atoms with Gasteiger partial charge in [-0.15, -0.1) is 21.5 Å². The zero-order valence-electron chi connectivity index (χ0n) is 30.0. The highest BCUT2D eigenvalue weighted by molar-refractivity contribution is 7.13. The van der Waals surface area contributed by atoms with Crippen molar-refractivity contribution in [3.05, 3.63) is 52.8 Å². The molecule has 2 aliphatic rings. The predicted molar refractivity (Wildman–Crippen MR) is 195 cm³/mol. The van der Waals surface area contributed by atoms with Crippen molar-refractivity contribution in [2.24, 2.45) is 5.41 Å². The number of hydrogen-bond donors (Lipinski definition) is 5. The summed E-state index contributed by atoms with van der Waals surface area (Å²) in [4.78, 5) is 63.9. The number of nitrogens with one attached hydrogen (secondary N) is 3. The van der Waals surface area contributed by atoms with E-state index in [1.807, 2.05) is 74.2 Å². The number of nitrogen functional groups attached to an aromatic ring is 1. The predicted octanol–water partition coefficient (Wildman–Crippen LogP) is 1.34. The van der Waals surface area contributed by atoms with Gasteiger partial charge < -0.3 is 36.6 Å². The average Bonchev–Trinajstić information content (AvgIpc) is 3.72. The van der Waals surface area contributed by atoms with Gasteiger partial charge in [-0.25, -0.2) is 4.98 Å². The second kappa shape index (κ2) is 15.7. The molecule has 0 radical (unpaired) electrons. The van der Waals surface area contributed by atoms with Crippen molar-refractivity contribution in [2.45, 2.75) is 65.3 Å². The Morgan fingerprint density at radius 1 is 1.06 bits per heavy atom. The third-order valence-corrected chi connectivity index (χ3v) is 10.4. The van der Waals surface area contributed by atoms with Crippen LogP contribution in [0.3, 0.4) is 0 Å². The van der Waals surface area contributed by atoms with Gasteiger partial charge in [0.05, 0.1) is 40.5 Å². The molecule has 15 nitrogen and oxygen atoms in total. The van der Waals surface area contributed by atoms with Gasteiger partial charge in [0.15, 0.2) is 11.5 Å². The smallest absolute Gasteiger partial charge is 0.271 e. The number of carbonyl (C=O) groups is 4. The number of aliphatic hydroxyl groups excluding tert-OH is 1. The molecule has 2 fully saturated rings. The van der Waals surface area contributed by atoms with Gasteiger partial charge in [-0.3, -0.25) is 24.1 Å². The van der Waals surface area contributed by atoms with Gasteiger partial charge in [-0.2, -0.15) is 0 Å². The lowest BCUT2D eigenvalue weighted by atomic mass is 9.85. The number of aromatic nitrogens is 3. The molecule has 4 atom stereocenters. The molecule has 6 N–H and O–H groups in total. The number of rotatable bonds is 10. The lowest BCUT2D eigenvalue weighted by Crippen LogP contribution is -2.59. The van der Waals surface area contributed by atoms with Crippen LogP contribution < -0.4 is 26.6 Å². The lowest BCUT2D eigenvalue weighted by molar-refractivity contribution is -0.144. The number of nitrogens with two attached hydrogens (primary N) is 1. The van der Waals surface area contributed by atoms with Crippen LogP contribution >= 0.6 is 11.3 Å². The van der Waals surface area contributed by atoms with Gasteiger partial charge in [0, 0.05) is 46.2 Å². The van der Waals surface area contributed by atoms with Crippen LogP contribution in [0.25, 0.3) is 10.4 Å². The zero-order valence-corrected chi connectivity index (χ0v) is 30.8. The van der Waals surface area contributed by atoms with Gasteiger partial charge in [0.25, 0.3) is 5.91 Å². The quantitative estimate of drug-likeness (QED) is 0.203. The zero-order chi connectivity index (χ0) is 37.0. The molecule has 2 unspecified atom stereocenters. The van der Waals surface area contributed by atoms with Crippen LogP contribution in [-0.2, 0) is 14.4 Å². The first kappa shape index (κ1) is 37.6. The number of hydrogen-bond acceptors (Lipinski definition) is 12. The Morgan fingerprint density at radius 3 is 2.35 bits per heavy atom. The Labute approximate surface area is 302 Å². The van der Waals surface area contributed by atoms with Crippen molar-refractivity contribution in [1.29, 1.82) is 0 Å². The molecule has 16 heteroatoms. The molecule has 4 heterocycles. The largest absolute Gasteiger partial charge is 0.391 e. The van der Waals surface area contributed by atoms with Crippen molar-refractivity contribution in [3.63, 3.8) is 0 Å². The summed E-state index contributed by atoms with van der Waals surface area (Å²) in [6.07, 6.45) is -0.767. The van der Waals surface area contributed by atoms with E-state index in [1.54, 1.807) is 17.4 Å². The van der Waals surface area contributed by atoms with Crippen molar-refractivity contribution in [1.82, 2.24) is 40.9 Å². The van der Waals surface area contributed by atoms with Gasteiger partial charge in [0.2, 0.25) is 17.7 Å². The average molecular weight is 721 g/mol. The van der Waals surface area contributed by atoms with Crippen LogP contribution in [0.15, 0.2) is 35.8 Å². The van der Waals surface area contributed by atoms with E-state index in [4.69, 9.17) is 5.73 Å². The van der Waals surface area contributed by atoms with Crippen LogP contribution in [0.4, 0.5) is 11.5 Å². The number of anilines is 2. The molecule has 4 amide bonds. The first-order chi connectivity index (χ1) is 24.2. The number of carbonyl (C=O) groups excluding carboxylic acids is 4. The van der Waals surface area contributed by atoms with E-state index in [1.165, 1.54) is 11.9 Å². The van der Waals surface area contributed by atoms with Crippen molar-refractivity contribution >= 4 is 46.5 Å². The highest BCUT2D eigenvalue weighted by atomic mass is 32.1. The summed E-state index contributed by atoms with van der Waals surface area (Å²) < 4.78 is 0. The normalized spacial score (nSPS) is 19.4. The molecular formula is C35H48N10O5S. The number of aliphatic hydroxyl groups is 1. The molecule has 274 valence electrons. The molecule has 0 saturated carbocycles. The Kier molecular flexibility index (Phi) is 11.6. The summed E-state index contributed by atoms with van der Waals surface area (Å²) in [5.74, 6) is -1.25. The summed E-state index contributed by atoms with van der Waals surface area (Å²) in [5, 5.41) is 26.9. The molecule has 5 rings (SSSR count). The molecular weight excluding hydrogens is 673 g/mol. The van der Waals surface area contributed by atoms with E-state index in [0.29, 0.717) is 31.9 Å². The molecule has 2 saturated heterocycles. The van der Waals surface area contributed by atoms with Crippen LogP contribution in [0.5, 0.6) is 0 Å². The Balaban J connectivity index is 1.19.